The smallest absolute Gasteiger partial charge is 0.220 e. The number of hydrogen-bond acceptors (Lipinski definition) is 3. The van der Waals surface area contributed by atoms with Crippen LogP contribution in [0.3, 0.4) is 0 Å². The van der Waals surface area contributed by atoms with E-state index in [2.05, 4.69) is 10.6 Å². The van der Waals surface area contributed by atoms with Gasteiger partial charge in [0.25, 0.3) is 0 Å². The molecule has 1 fully saturated rings. The molecule has 4 heteroatoms. The maximum atomic E-state index is 11.7. The summed E-state index contributed by atoms with van der Waals surface area (Å²) in [5.74, 6) is 0.753. The molecule has 0 aromatic heterocycles. The van der Waals surface area contributed by atoms with Crippen LogP contribution < -0.4 is 16.4 Å². The highest BCUT2D eigenvalue weighted by Crippen LogP contribution is 2.26. The van der Waals surface area contributed by atoms with E-state index in [1.807, 2.05) is 7.05 Å². The van der Waals surface area contributed by atoms with Gasteiger partial charge < -0.3 is 16.4 Å². The molecule has 1 amide bonds. The second-order valence-corrected chi connectivity index (χ2v) is 5.01. The Bertz CT molecular complexity index is 215. The standard InChI is InChI=1S/C13H27N3O/c1-15-9-5-8-13(17)16-12(10-14)11-6-3-2-4-7-11/h11-12,15H,2-10,14H2,1H3,(H,16,17). The molecule has 4 N–H and O–H groups in total. The Balaban J connectivity index is 2.27. The minimum atomic E-state index is 0.154. The summed E-state index contributed by atoms with van der Waals surface area (Å²) in [5, 5.41) is 6.15. The van der Waals surface area contributed by atoms with Crippen molar-refractivity contribution in [2.24, 2.45) is 11.7 Å². The Labute approximate surface area is 105 Å². The van der Waals surface area contributed by atoms with Gasteiger partial charge in [-0.1, -0.05) is 19.3 Å². The number of carbonyl (C=O) groups excluding carboxylic acids is 1. The molecule has 1 rings (SSSR count). The maximum Gasteiger partial charge on any atom is 0.220 e. The third kappa shape index (κ3) is 5.50. The highest BCUT2D eigenvalue weighted by molar-refractivity contribution is 5.76. The number of carbonyl (C=O) groups is 1. The first-order valence-electron chi connectivity index (χ1n) is 6.92. The number of amides is 1. The zero-order valence-corrected chi connectivity index (χ0v) is 11.0. The molecule has 1 unspecified atom stereocenters. The van der Waals surface area contributed by atoms with Crippen molar-refractivity contribution in [3.63, 3.8) is 0 Å². The highest BCUT2D eigenvalue weighted by Gasteiger charge is 2.23. The highest BCUT2D eigenvalue weighted by atomic mass is 16.1. The molecule has 0 radical (unpaired) electrons. The molecule has 4 nitrogen and oxygen atoms in total. The van der Waals surface area contributed by atoms with Crippen molar-refractivity contribution < 1.29 is 4.79 Å². The summed E-state index contributed by atoms with van der Waals surface area (Å²) in [6, 6.07) is 0.192. The fraction of sp³-hybridized carbons (Fsp3) is 0.923. The average Bonchev–Trinajstić information content (AvgIpc) is 2.37. The fourth-order valence-corrected chi connectivity index (χ4v) is 2.61. The molecule has 0 heterocycles. The molecule has 0 spiro atoms. The summed E-state index contributed by atoms with van der Waals surface area (Å²) in [5.41, 5.74) is 5.78. The first-order chi connectivity index (χ1) is 8.27. The van der Waals surface area contributed by atoms with Gasteiger partial charge >= 0.3 is 0 Å². The van der Waals surface area contributed by atoms with Crippen LogP contribution in [0.5, 0.6) is 0 Å². The van der Waals surface area contributed by atoms with E-state index in [-0.39, 0.29) is 11.9 Å². The second-order valence-electron chi connectivity index (χ2n) is 5.01. The van der Waals surface area contributed by atoms with Crippen LogP contribution in [0.25, 0.3) is 0 Å². The van der Waals surface area contributed by atoms with E-state index in [9.17, 15) is 4.79 Å². The van der Waals surface area contributed by atoms with Crippen molar-refractivity contribution in [1.82, 2.24) is 10.6 Å². The third-order valence-electron chi connectivity index (χ3n) is 3.65. The van der Waals surface area contributed by atoms with Crippen molar-refractivity contribution in [1.29, 1.82) is 0 Å². The molecule has 0 saturated heterocycles. The van der Waals surface area contributed by atoms with E-state index in [1.54, 1.807) is 0 Å². The molecule has 100 valence electrons. The van der Waals surface area contributed by atoms with Gasteiger partial charge in [0.05, 0.1) is 0 Å². The van der Waals surface area contributed by atoms with Crippen LogP contribution in [0.2, 0.25) is 0 Å². The van der Waals surface area contributed by atoms with Crippen LogP contribution in [0.4, 0.5) is 0 Å². The monoisotopic (exact) mass is 241 g/mol. The first-order valence-corrected chi connectivity index (χ1v) is 6.92. The largest absolute Gasteiger partial charge is 0.352 e. The summed E-state index contributed by atoms with van der Waals surface area (Å²) in [7, 11) is 1.91. The van der Waals surface area contributed by atoms with Crippen molar-refractivity contribution in [2.75, 3.05) is 20.1 Å². The molecule has 0 aromatic rings. The normalized spacial score (nSPS) is 18.9. The first kappa shape index (κ1) is 14.5. The Morgan fingerprint density at radius 1 is 1.35 bits per heavy atom. The van der Waals surface area contributed by atoms with E-state index < -0.39 is 0 Å². The van der Waals surface area contributed by atoms with Crippen molar-refractivity contribution in [3.05, 3.63) is 0 Å². The van der Waals surface area contributed by atoms with Gasteiger partial charge in [-0.25, -0.2) is 0 Å². The topological polar surface area (TPSA) is 67.2 Å². The molecule has 0 aromatic carbocycles. The Morgan fingerprint density at radius 2 is 2.06 bits per heavy atom. The van der Waals surface area contributed by atoms with Crippen molar-refractivity contribution in [2.45, 2.75) is 51.0 Å². The molecule has 1 saturated carbocycles. The van der Waals surface area contributed by atoms with Gasteiger partial charge in [-0.2, -0.15) is 0 Å². The van der Waals surface area contributed by atoms with Gasteiger partial charge in [-0.15, -0.1) is 0 Å². The Kier molecular flexibility index (Phi) is 7.21. The minimum absolute atomic E-state index is 0.154. The number of rotatable bonds is 7. The Hall–Kier alpha value is -0.610. The number of nitrogens with one attached hydrogen (secondary N) is 2. The summed E-state index contributed by atoms with van der Waals surface area (Å²) < 4.78 is 0. The number of nitrogens with two attached hydrogens (primary N) is 1. The molecule has 17 heavy (non-hydrogen) atoms. The molecular formula is C13H27N3O. The van der Waals surface area contributed by atoms with E-state index in [0.29, 0.717) is 18.9 Å². The van der Waals surface area contributed by atoms with Crippen LogP contribution in [0, 0.1) is 5.92 Å². The van der Waals surface area contributed by atoms with Gasteiger partial charge in [-0.3, -0.25) is 4.79 Å². The minimum Gasteiger partial charge on any atom is -0.352 e. The predicted octanol–water partition coefficient (Wildman–Crippen LogP) is 1.01. The van der Waals surface area contributed by atoms with Crippen molar-refractivity contribution >= 4 is 5.91 Å². The van der Waals surface area contributed by atoms with Crippen molar-refractivity contribution in [3.8, 4) is 0 Å². The van der Waals surface area contributed by atoms with Crippen LogP contribution in [0.15, 0.2) is 0 Å². The van der Waals surface area contributed by atoms with Gasteiger partial charge in [0, 0.05) is 19.0 Å². The van der Waals surface area contributed by atoms with Crippen LogP contribution in [0.1, 0.15) is 44.9 Å². The third-order valence-corrected chi connectivity index (χ3v) is 3.65. The average molecular weight is 241 g/mol. The second kappa shape index (κ2) is 8.48. The predicted molar refractivity (Wildman–Crippen MR) is 70.7 cm³/mol. The molecule has 1 aliphatic rings. The van der Waals surface area contributed by atoms with Gasteiger partial charge in [-0.05, 0) is 38.8 Å². The lowest BCUT2D eigenvalue weighted by molar-refractivity contribution is -0.122. The fourth-order valence-electron chi connectivity index (χ4n) is 2.61. The van der Waals surface area contributed by atoms with E-state index in [0.717, 1.165) is 13.0 Å². The van der Waals surface area contributed by atoms with Crippen LogP contribution in [-0.4, -0.2) is 32.1 Å². The molecular weight excluding hydrogens is 214 g/mol. The zero-order valence-electron chi connectivity index (χ0n) is 11.0. The van der Waals surface area contributed by atoms with E-state index in [1.165, 1.54) is 32.1 Å². The van der Waals surface area contributed by atoms with Crippen LogP contribution in [-0.2, 0) is 4.79 Å². The van der Waals surface area contributed by atoms with E-state index >= 15 is 0 Å². The summed E-state index contributed by atoms with van der Waals surface area (Å²) in [4.78, 5) is 11.7. The van der Waals surface area contributed by atoms with Crippen LogP contribution >= 0.6 is 0 Å². The van der Waals surface area contributed by atoms with Gasteiger partial charge in [0.1, 0.15) is 0 Å². The summed E-state index contributed by atoms with van der Waals surface area (Å²) in [6.07, 6.45) is 7.85. The molecule has 0 bridgehead atoms. The summed E-state index contributed by atoms with van der Waals surface area (Å²) in [6.45, 7) is 1.46. The lowest BCUT2D eigenvalue weighted by Gasteiger charge is -2.30. The quantitative estimate of drug-likeness (QED) is 0.583. The zero-order chi connectivity index (χ0) is 12.5. The Morgan fingerprint density at radius 3 is 2.65 bits per heavy atom. The number of hydrogen-bond donors (Lipinski definition) is 3. The summed E-state index contributed by atoms with van der Waals surface area (Å²) >= 11 is 0. The molecule has 1 atom stereocenters. The van der Waals surface area contributed by atoms with Gasteiger partial charge in [0.2, 0.25) is 5.91 Å². The lowest BCUT2D eigenvalue weighted by Crippen LogP contribution is -2.45. The van der Waals surface area contributed by atoms with E-state index in [4.69, 9.17) is 5.73 Å². The van der Waals surface area contributed by atoms with Gasteiger partial charge in [0.15, 0.2) is 0 Å². The maximum absolute atomic E-state index is 11.7. The molecule has 0 aliphatic heterocycles. The lowest BCUT2D eigenvalue weighted by atomic mass is 9.84. The molecule has 1 aliphatic carbocycles. The SMILES string of the molecule is CNCCCC(=O)NC(CN)C1CCCCC1.